The number of morpholine rings is 1. The second kappa shape index (κ2) is 8.52. The number of hydrogen-bond acceptors (Lipinski definition) is 7. The maximum absolute atomic E-state index is 5.55. The molecule has 4 aromatic rings. The van der Waals surface area contributed by atoms with E-state index in [9.17, 15) is 0 Å². The van der Waals surface area contributed by atoms with Gasteiger partial charge in [0.1, 0.15) is 12.4 Å². The molecule has 2 aromatic carbocycles. The first kappa shape index (κ1) is 18.6. The van der Waals surface area contributed by atoms with Crippen molar-refractivity contribution < 1.29 is 4.74 Å². The van der Waals surface area contributed by atoms with E-state index in [0.717, 1.165) is 30.0 Å². The minimum absolute atomic E-state index is 0.0541. The summed E-state index contributed by atoms with van der Waals surface area (Å²) in [5, 5.41) is 20.0. The van der Waals surface area contributed by atoms with Crippen molar-refractivity contribution >= 4 is 0 Å². The molecule has 0 spiro atoms. The fourth-order valence-corrected chi connectivity index (χ4v) is 3.74. The molecule has 2 aromatic heterocycles. The largest absolute Gasteiger partial charge is 0.379 e. The monoisotopic (exact) mass is 402 g/mol. The molecule has 1 atom stereocenters. The molecule has 0 saturated carbocycles. The lowest BCUT2D eigenvalue weighted by Gasteiger charge is -2.33. The Morgan fingerprint density at radius 3 is 2.47 bits per heavy atom. The van der Waals surface area contributed by atoms with Crippen LogP contribution in [0.5, 0.6) is 0 Å². The van der Waals surface area contributed by atoms with Gasteiger partial charge in [-0.15, -0.1) is 5.10 Å². The third-order valence-electron chi connectivity index (χ3n) is 5.19. The van der Waals surface area contributed by atoms with Crippen LogP contribution in [0.2, 0.25) is 0 Å². The van der Waals surface area contributed by atoms with E-state index >= 15 is 0 Å². The van der Waals surface area contributed by atoms with Crippen molar-refractivity contribution in [1.29, 1.82) is 0 Å². The van der Waals surface area contributed by atoms with E-state index in [1.54, 1.807) is 4.68 Å². The average molecular weight is 402 g/mol. The van der Waals surface area contributed by atoms with Crippen molar-refractivity contribution in [3.05, 3.63) is 77.9 Å². The fraction of sp³-hybridized carbons (Fsp3) is 0.286. The fourth-order valence-electron chi connectivity index (χ4n) is 3.74. The van der Waals surface area contributed by atoms with Crippen LogP contribution in [-0.4, -0.2) is 66.6 Å². The molecule has 9 heteroatoms. The quantitative estimate of drug-likeness (QED) is 0.526. The molecule has 0 bridgehead atoms. The Hall–Kier alpha value is -3.43. The van der Waals surface area contributed by atoms with Gasteiger partial charge in [0, 0.05) is 18.7 Å². The third-order valence-corrected chi connectivity index (χ3v) is 5.19. The number of aromatic nitrogens is 7. The Bertz CT molecular complexity index is 1070. The first-order valence-corrected chi connectivity index (χ1v) is 9.98. The van der Waals surface area contributed by atoms with E-state index in [4.69, 9.17) is 4.74 Å². The summed E-state index contributed by atoms with van der Waals surface area (Å²) < 4.78 is 7.34. The number of rotatable bonds is 6. The Morgan fingerprint density at radius 2 is 1.70 bits per heavy atom. The van der Waals surface area contributed by atoms with Gasteiger partial charge in [-0.05, 0) is 16.0 Å². The maximum atomic E-state index is 5.55. The number of H-pyrrole nitrogens is 1. The molecule has 1 fully saturated rings. The van der Waals surface area contributed by atoms with E-state index in [1.165, 1.54) is 0 Å². The van der Waals surface area contributed by atoms with Crippen molar-refractivity contribution in [2.75, 3.05) is 26.3 Å². The van der Waals surface area contributed by atoms with Gasteiger partial charge in [0.15, 0.2) is 11.6 Å². The predicted molar refractivity (Wildman–Crippen MR) is 109 cm³/mol. The molecule has 1 aliphatic heterocycles. The SMILES string of the molecule is c1ccc(-c2n[nH]c(Cn3nnnc3C(c3ccccc3)N3CCOCC3)n2)cc1. The first-order chi connectivity index (χ1) is 14.9. The number of nitrogens with one attached hydrogen (secondary N) is 1. The molecule has 1 saturated heterocycles. The zero-order chi connectivity index (χ0) is 20.2. The molecule has 3 heterocycles. The number of nitrogens with zero attached hydrogens (tertiary/aromatic N) is 7. The summed E-state index contributed by atoms with van der Waals surface area (Å²) in [5.41, 5.74) is 2.12. The molecule has 1 aliphatic rings. The van der Waals surface area contributed by atoms with Crippen LogP contribution in [0.3, 0.4) is 0 Å². The van der Waals surface area contributed by atoms with Crippen molar-refractivity contribution in [2.24, 2.45) is 0 Å². The number of aromatic amines is 1. The number of tetrazole rings is 1. The Balaban J connectivity index is 1.44. The minimum Gasteiger partial charge on any atom is -0.379 e. The molecule has 0 radical (unpaired) electrons. The maximum Gasteiger partial charge on any atom is 0.181 e. The summed E-state index contributed by atoms with van der Waals surface area (Å²) in [4.78, 5) is 6.98. The van der Waals surface area contributed by atoms with E-state index in [0.29, 0.717) is 31.4 Å². The molecular weight excluding hydrogens is 380 g/mol. The highest BCUT2D eigenvalue weighted by atomic mass is 16.5. The van der Waals surface area contributed by atoms with Crippen LogP contribution in [-0.2, 0) is 11.3 Å². The van der Waals surface area contributed by atoms with Gasteiger partial charge in [-0.1, -0.05) is 60.7 Å². The van der Waals surface area contributed by atoms with Gasteiger partial charge >= 0.3 is 0 Å². The topological polar surface area (TPSA) is 97.6 Å². The van der Waals surface area contributed by atoms with Gasteiger partial charge in [0.25, 0.3) is 0 Å². The molecule has 152 valence electrons. The molecule has 0 amide bonds. The average Bonchev–Trinajstić information content (AvgIpc) is 3.47. The van der Waals surface area contributed by atoms with Crippen molar-refractivity contribution in [2.45, 2.75) is 12.6 Å². The highest BCUT2D eigenvalue weighted by molar-refractivity contribution is 5.53. The Morgan fingerprint density at radius 1 is 0.967 bits per heavy atom. The highest BCUT2D eigenvalue weighted by Gasteiger charge is 2.29. The van der Waals surface area contributed by atoms with E-state index < -0.39 is 0 Å². The molecule has 1 unspecified atom stereocenters. The highest BCUT2D eigenvalue weighted by Crippen LogP contribution is 2.27. The van der Waals surface area contributed by atoms with Gasteiger partial charge in [0.05, 0.1) is 19.3 Å². The van der Waals surface area contributed by atoms with Crippen LogP contribution < -0.4 is 0 Å². The number of ether oxygens (including phenoxy) is 1. The van der Waals surface area contributed by atoms with Crippen molar-refractivity contribution in [3.8, 4) is 11.4 Å². The van der Waals surface area contributed by atoms with Crippen LogP contribution in [0, 0.1) is 0 Å². The second-order valence-corrected chi connectivity index (χ2v) is 7.13. The third kappa shape index (κ3) is 3.85. The second-order valence-electron chi connectivity index (χ2n) is 7.13. The smallest absolute Gasteiger partial charge is 0.181 e. The Kier molecular flexibility index (Phi) is 5.28. The lowest BCUT2D eigenvalue weighted by molar-refractivity contribution is 0.0216. The lowest BCUT2D eigenvalue weighted by atomic mass is 10.0. The standard InChI is InChI=1S/C21H22N8O/c1-3-7-16(8-4-1)19(28-11-13-30-14-12-28)21-25-26-27-29(21)15-18-22-20(24-23-18)17-9-5-2-6-10-17/h1-10,19H,11-15H2,(H,22,23,24). The lowest BCUT2D eigenvalue weighted by Crippen LogP contribution is -2.40. The molecule has 9 nitrogen and oxygen atoms in total. The molecule has 5 rings (SSSR count). The van der Waals surface area contributed by atoms with Gasteiger partial charge in [0.2, 0.25) is 0 Å². The summed E-state index contributed by atoms with van der Waals surface area (Å²) in [6, 6.07) is 20.2. The summed E-state index contributed by atoms with van der Waals surface area (Å²) in [5.74, 6) is 2.14. The summed E-state index contributed by atoms with van der Waals surface area (Å²) in [6.45, 7) is 3.47. The van der Waals surface area contributed by atoms with Crippen LogP contribution in [0.25, 0.3) is 11.4 Å². The summed E-state index contributed by atoms with van der Waals surface area (Å²) >= 11 is 0. The van der Waals surface area contributed by atoms with E-state index in [2.05, 4.69) is 47.7 Å². The minimum atomic E-state index is -0.0541. The summed E-state index contributed by atoms with van der Waals surface area (Å²) in [7, 11) is 0. The zero-order valence-electron chi connectivity index (χ0n) is 16.4. The number of benzene rings is 2. The van der Waals surface area contributed by atoms with Crippen LogP contribution in [0.1, 0.15) is 23.3 Å². The van der Waals surface area contributed by atoms with Gasteiger partial charge in [-0.3, -0.25) is 10.00 Å². The van der Waals surface area contributed by atoms with Crippen molar-refractivity contribution in [3.63, 3.8) is 0 Å². The van der Waals surface area contributed by atoms with Gasteiger partial charge < -0.3 is 4.74 Å². The summed E-state index contributed by atoms with van der Waals surface area (Å²) in [6.07, 6.45) is 0. The van der Waals surface area contributed by atoms with E-state index in [-0.39, 0.29) is 6.04 Å². The van der Waals surface area contributed by atoms with Crippen molar-refractivity contribution in [1.82, 2.24) is 40.3 Å². The molecule has 0 aliphatic carbocycles. The number of hydrogen-bond donors (Lipinski definition) is 1. The molecular formula is C21H22N8O. The van der Waals surface area contributed by atoms with E-state index in [1.807, 2.05) is 48.5 Å². The normalized spacial score (nSPS) is 15.9. The Labute approximate surface area is 173 Å². The van der Waals surface area contributed by atoms with Crippen LogP contribution in [0.4, 0.5) is 0 Å². The molecule has 1 N–H and O–H groups in total. The van der Waals surface area contributed by atoms with Gasteiger partial charge in [-0.25, -0.2) is 9.67 Å². The zero-order valence-corrected chi connectivity index (χ0v) is 16.4. The van der Waals surface area contributed by atoms with Crippen LogP contribution in [0.15, 0.2) is 60.7 Å². The van der Waals surface area contributed by atoms with Crippen LogP contribution >= 0.6 is 0 Å². The van der Waals surface area contributed by atoms with Gasteiger partial charge in [-0.2, -0.15) is 5.10 Å². The molecule has 30 heavy (non-hydrogen) atoms. The first-order valence-electron chi connectivity index (χ1n) is 9.98. The predicted octanol–water partition coefficient (Wildman–Crippen LogP) is 1.93.